The number of aromatic nitrogens is 2. The van der Waals surface area contributed by atoms with Gasteiger partial charge in [-0.25, -0.2) is 13.4 Å². The molecular weight excluding hydrogens is 308 g/mol. The molecule has 22 heavy (non-hydrogen) atoms. The number of nitrogens with zero attached hydrogens (tertiary/aromatic N) is 4. The molecule has 2 unspecified atom stereocenters. The number of aryl methyl sites for hydroxylation is 1. The van der Waals surface area contributed by atoms with Crippen LogP contribution in [0.2, 0.25) is 0 Å². The summed E-state index contributed by atoms with van der Waals surface area (Å²) in [6.45, 7) is 3.40. The van der Waals surface area contributed by atoms with Crippen LogP contribution in [0, 0.1) is 0 Å². The maximum atomic E-state index is 12.7. The zero-order chi connectivity index (χ0) is 15.7. The summed E-state index contributed by atoms with van der Waals surface area (Å²) in [5, 5.41) is 0.110. The number of sulfonamides is 1. The number of methoxy groups -OCH3 is 1. The first-order valence-electron chi connectivity index (χ1n) is 7.33. The molecule has 8 nitrogen and oxygen atoms in total. The predicted octanol–water partition coefficient (Wildman–Crippen LogP) is -0.860. The molecule has 0 aliphatic carbocycles. The van der Waals surface area contributed by atoms with Crippen LogP contribution >= 0.6 is 0 Å². The fourth-order valence-corrected chi connectivity index (χ4v) is 4.58. The Labute approximate surface area is 130 Å². The lowest BCUT2D eigenvalue weighted by Crippen LogP contribution is -2.65. The van der Waals surface area contributed by atoms with Crippen molar-refractivity contribution in [2.45, 2.75) is 17.1 Å². The molecule has 2 fully saturated rings. The van der Waals surface area contributed by atoms with Gasteiger partial charge < -0.3 is 14.0 Å². The van der Waals surface area contributed by atoms with Crippen LogP contribution in [0.25, 0.3) is 0 Å². The second-order valence-corrected chi connectivity index (χ2v) is 7.66. The summed E-state index contributed by atoms with van der Waals surface area (Å²) in [5.41, 5.74) is 0. The van der Waals surface area contributed by atoms with Crippen LogP contribution in [0.5, 0.6) is 0 Å². The van der Waals surface area contributed by atoms with Gasteiger partial charge in [0.1, 0.15) is 0 Å². The van der Waals surface area contributed by atoms with E-state index in [1.54, 1.807) is 24.9 Å². The Morgan fingerprint density at radius 3 is 2.59 bits per heavy atom. The average Bonchev–Trinajstić information content (AvgIpc) is 2.91. The zero-order valence-corrected chi connectivity index (χ0v) is 13.7. The molecule has 9 heteroatoms. The first-order valence-corrected chi connectivity index (χ1v) is 8.77. The maximum absolute atomic E-state index is 12.7. The van der Waals surface area contributed by atoms with Crippen LogP contribution in [0.1, 0.15) is 0 Å². The monoisotopic (exact) mass is 330 g/mol. The normalized spacial score (nSPS) is 27.2. The number of ether oxygens (including phenoxy) is 2. The molecular formula is C13H22N4O4S. The van der Waals surface area contributed by atoms with E-state index in [-0.39, 0.29) is 17.1 Å². The van der Waals surface area contributed by atoms with Crippen LogP contribution in [0.3, 0.4) is 0 Å². The minimum Gasteiger partial charge on any atom is -0.383 e. The van der Waals surface area contributed by atoms with Crippen LogP contribution in [-0.2, 0) is 26.5 Å². The van der Waals surface area contributed by atoms with Crippen LogP contribution in [0.4, 0.5) is 0 Å². The largest absolute Gasteiger partial charge is 0.383 e. The fraction of sp³-hybridized carbons (Fsp3) is 0.769. The molecule has 0 radical (unpaired) electrons. The lowest BCUT2D eigenvalue weighted by atomic mass is 10.1. The van der Waals surface area contributed by atoms with Crippen molar-refractivity contribution in [2.75, 3.05) is 46.6 Å². The van der Waals surface area contributed by atoms with Gasteiger partial charge in [0.2, 0.25) is 0 Å². The number of hydrogen-bond acceptors (Lipinski definition) is 6. The Kier molecular flexibility index (Phi) is 4.51. The molecule has 2 aliphatic rings. The number of rotatable bonds is 5. The second-order valence-electron chi connectivity index (χ2n) is 5.78. The fourth-order valence-electron chi connectivity index (χ4n) is 3.10. The van der Waals surface area contributed by atoms with Crippen LogP contribution < -0.4 is 0 Å². The Morgan fingerprint density at radius 1 is 1.36 bits per heavy atom. The van der Waals surface area contributed by atoms with E-state index < -0.39 is 10.0 Å². The highest BCUT2D eigenvalue weighted by molar-refractivity contribution is 7.89. The molecule has 0 spiro atoms. The summed E-state index contributed by atoms with van der Waals surface area (Å²) < 4.78 is 39.4. The molecule has 0 aromatic carbocycles. The van der Waals surface area contributed by atoms with Crippen molar-refractivity contribution >= 4 is 10.0 Å². The molecule has 0 amide bonds. The van der Waals surface area contributed by atoms with Crippen LogP contribution in [-0.4, -0.2) is 85.8 Å². The summed E-state index contributed by atoms with van der Waals surface area (Å²) in [6, 6.07) is 0.141. The summed E-state index contributed by atoms with van der Waals surface area (Å²) in [5.74, 6) is 0. The van der Waals surface area contributed by atoms with E-state index >= 15 is 0 Å². The summed E-state index contributed by atoms with van der Waals surface area (Å²) in [4.78, 5) is 6.30. The highest BCUT2D eigenvalue weighted by Crippen LogP contribution is 2.25. The van der Waals surface area contributed by atoms with Crippen molar-refractivity contribution in [3.63, 3.8) is 0 Å². The third kappa shape index (κ3) is 2.91. The first kappa shape index (κ1) is 15.9. The van der Waals surface area contributed by atoms with Gasteiger partial charge in [0.15, 0.2) is 5.03 Å². The van der Waals surface area contributed by atoms with E-state index in [4.69, 9.17) is 9.47 Å². The molecule has 0 N–H and O–H groups in total. The molecule has 2 atom stereocenters. The third-order valence-corrected chi connectivity index (χ3v) is 5.94. The Hall–Kier alpha value is -1.00. The van der Waals surface area contributed by atoms with Crippen molar-refractivity contribution in [2.24, 2.45) is 7.05 Å². The van der Waals surface area contributed by atoms with Gasteiger partial charge in [-0.3, -0.25) is 4.90 Å². The van der Waals surface area contributed by atoms with E-state index in [9.17, 15) is 8.42 Å². The number of hydrogen-bond donors (Lipinski definition) is 0. The van der Waals surface area contributed by atoms with E-state index in [0.717, 1.165) is 6.54 Å². The molecule has 1 aromatic rings. The third-order valence-electron chi connectivity index (χ3n) is 4.23. The number of piperazine rings is 1. The molecule has 0 saturated carbocycles. The minimum atomic E-state index is -3.54. The maximum Gasteiger partial charge on any atom is 0.262 e. The van der Waals surface area contributed by atoms with E-state index in [1.807, 2.05) is 0 Å². The Morgan fingerprint density at radius 2 is 2.05 bits per heavy atom. The second kappa shape index (κ2) is 6.25. The molecule has 2 aliphatic heterocycles. The summed E-state index contributed by atoms with van der Waals surface area (Å²) >= 11 is 0. The molecule has 124 valence electrons. The number of fused-ring (bicyclic) bond motifs is 2. The van der Waals surface area contributed by atoms with E-state index in [1.165, 1.54) is 10.6 Å². The zero-order valence-electron chi connectivity index (χ0n) is 12.9. The van der Waals surface area contributed by atoms with E-state index in [0.29, 0.717) is 32.9 Å². The van der Waals surface area contributed by atoms with Gasteiger partial charge in [0.05, 0.1) is 26.1 Å². The van der Waals surface area contributed by atoms with Gasteiger partial charge in [0.25, 0.3) is 10.0 Å². The molecule has 1 aromatic heterocycles. The first-order chi connectivity index (χ1) is 10.5. The highest BCUT2D eigenvalue weighted by Gasteiger charge is 2.42. The molecule has 2 bridgehead atoms. The molecule has 2 saturated heterocycles. The van der Waals surface area contributed by atoms with Crippen molar-refractivity contribution in [1.29, 1.82) is 0 Å². The predicted molar refractivity (Wildman–Crippen MR) is 78.9 cm³/mol. The minimum absolute atomic E-state index is 0.0705. The van der Waals surface area contributed by atoms with Gasteiger partial charge in [-0.05, 0) is 0 Å². The van der Waals surface area contributed by atoms with Crippen LogP contribution in [0.15, 0.2) is 17.6 Å². The summed E-state index contributed by atoms with van der Waals surface area (Å²) in [7, 11) is -0.103. The number of imidazole rings is 1. The van der Waals surface area contributed by atoms with Crippen molar-refractivity contribution in [3.05, 3.63) is 12.5 Å². The lowest BCUT2D eigenvalue weighted by Gasteiger charge is -2.48. The van der Waals surface area contributed by atoms with Gasteiger partial charge in [0, 0.05) is 52.1 Å². The van der Waals surface area contributed by atoms with Crippen molar-refractivity contribution in [1.82, 2.24) is 18.8 Å². The topological polar surface area (TPSA) is 76.9 Å². The van der Waals surface area contributed by atoms with Gasteiger partial charge in [-0.2, -0.15) is 4.31 Å². The van der Waals surface area contributed by atoms with Crippen molar-refractivity contribution in [3.8, 4) is 0 Å². The Bertz CT molecular complexity index is 603. The van der Waals surface area contributed by atoms with Gasteiger partial charge in [-0.15, -0.1) is 0 Å². The average molecular weight is 330 g/mol. The standard InChI is InChI=1S/C13H22N4O4S/c1-15-7-13(14-10-15)22(18,19)16-5-11-8-21-9-12(6-16)17(11)3-4-20-2/h7,10-12H,3-6,8-9H2,1-2H3. The van der Waals surface area contributed by atoms with E-state index in [2.05, 4.69) is 9.88 Å². The lowest BCUT2D eigenvalue weighted by molar-refractivity contribution is -0.0873. The summed E-state index contributed by atoms with van der Waals surface area (Å²) in [6.07, 6.45) is 3.05. The van der Waals surface area contributed by atoms with Gasteiger partial charge in [-0.1, -0.05) is 0 Å². The number of morpholine rings is 1. The van der Waals surface area contributed by atoms with Crippen molar-refractivity contribution < 1.29 is 17.9 Å². The van der Waals surface area contributed by atoms with Gasteiger partial charge >= 0.3 is 0 Å². The Balaban J connectivity index is 1.78. The molecule has 3 heterocycles. The molecule has 3 rings (SSSR count). The quantitative estimate of drug-likeness (QED) is 0.699. The SMILES string of the molecule is COCCN1C2COCC1CN(S(=O)(=O)c1cn(C)cn1)C2. The highest BCUT2D eigenvalue weighted by atomic mass is 32.2. The smallest absolute Gasteiger partial charge is 0.262 e.